The summed E-state index contributed by atoms with van der Waals surface area (Å²) in [7, 11) is 0. The molecule has 0 spiro atoms. The summed E-state index contributed by atoms with van der Waals surface area (Å²) in [5, 5.41) is 11.9. The number of unbranched alkanes of at least 4 members (excludes halogenated alkanes) is 1. The lowest BCUT2D eigenvalue weighted by Gasteiger charge is -2.30. The van der Waals surface area contributed by atoms with Crippen molar-refractivity contribution < 1.29 is 14.7 Å². The van der Waals surface area contributed by atoms with Crippen molar-refractivity contribution in [1.82, 2.24) is 10.2 Å². The highest BCUT2D eigenvalue weighted by Gasteiger charge is 2.27. The van der Waals surface area contributed by atoms with Crippen LogP contribution in [0.4, 0.5) is 4.79 Å². The van der Waals surface area contributed by atoms with Gasteiger partial charge in [0.2, 0.25) is 0 Å². The van der Waals surface area contributed by atoms with Gasteiger partial charge in [0.25, 0.3) is 0 Å². The molecule has 0 aliphatic carbocycles. The summed E-state index contributed by atoms with van der Waals surface area (Å²) in [5.41, 5.74) is 0. The molecule has 0 unspecified atom stereocenters. The maximum atomic E-state index is 11.9. The van der Waals surface area contributed by atoms with Crippen molar-refractivity contribution in [3.8, 4) is 0 Å². The normalized spacial score (nSPS) is 19.5. The zero-order chi connectivity index (χ0) is 14.3. The number of nitrogens with zero attached hydrogens (tertiary/aromatic N) is 1. The molecule has 2 N–H and O–H groups in total. The Bertz CT molecular complexity index is 305. The van der Waals surface area contributed by atoms with E-state index in [9.17, 15) is 9.59 Å². The number of aliphatic carboxylic acids is 1. The van der Waals surface area contributed by atoms with E-state index in [-0.39, 0.29) is 6.03 Å². The third kappa shape index (κ3) is 5.94. The van der Waals surface area contributed by atoms with E-state index in [1.807, 2.05) is 0 Å². The first-order valence-electron chi connectivity index (χ1n) is 7.26. The number of amides is 2. The van der Waals surface area contributed by atoms with Crippen molar-refractivity contribution in [2.24, 2.45) is 11.8 Å². The van der Waals surface area contributed by atoms with Gasteiger partial charge in [-0.2, -0.15) is 0 Å². The van der Waals surface area contributed by atoms with Gasteiger partial charge in [-0.1, -0.05) is 26.7 Å². The van der Waals surface area contributed by atoms with Crippen molar-refractivity contribution in [3.05, 3.63) is 0 Å². The Hall–Kier alpha value is -1.26. The highest BCUT2D eigenvalue weighted by molar-refractivity contribution is 5.76. The van der Waals surface area contributed by atoms with E-state index in [1.165, 1.54) is 6.42 Å². The van der Waals surface area contributed by atoms with Crippen molar-refractivity contribution in [3.63, 3.8) is 0 Å². The van der Waals surface area contributed by atoms with Crippen molar-refractivity contribution in [2.45, 2.75) is 46.0 Å². The van der Waals surface area contributed by atoms with E-state index in [2.05, 4.69) is 19.2 Å². The van der Waals surface area contributed by atoms with Crippen LogP contribution >= 0.6 is 0 Å². The zero-order valence-electron chi connectivity index (χ0n) is 12.0. The number of rotatable bonds is 6. The lowest BCUT2D eigenvalue weighted by Crippen LogP contribution is -2.47. The topological polar surface area (TPSA) is 69.6 Å². The molecule has 0 aromatic heterocycles. The van der Waals surface area contributed by atoms with Gasteiger partial charge >= 0.3 is 12.0 Å². The number of piperidine rings is 1. The van der Waals surface area contributed by atoms with E-state index >= 15 is 0 Å². The minimum atomic E-state index is -0.797. The molecule has 0 aromatic carbocycles. The zero-order valence-corrected chi connectivity index (χ0v) is 12.0. The first-order chi connectivity index (χ1) is 9.00. The second kappa shape index (κ2) is 8.02. The Kier molecular flexibility index (Phi) is 6.67. The third-order valence-corrected chi connectivity index (χ3v) is 3.54. The second-order valence-corrected chi connectivity index (χ2v) is 5.74. The molecular formula is C14H26N2O3. The monoisotopic (exact) mass is 270 g/mol. The van der Waals surface area contributed by atoms with Gasteiger partial charge in [-0.15, -0.1) is 0 Å². The molecule has 0 bridgehead atoms. The van der Waals surface area contributed by atoms with E-state index in [0.29, 0.717) is 32.0 Å². The summed E-state index contributed by atoms with van der Waals surface area (Å²) < 4.78 is 0. The molecule has 1 rings (SSSR count). The van der Waals surface area contributed by atoms with Crippen LogP contribution in [0.1, 0.15) is 46.0 Å². The van der Waals surface area contributed by atoms with Gasteiger partial charge in [0, 0.05) is 19.6 Å². The average molecular weight is 270 g/mol. The fraction of sp³-hybridized carbons (Fsp3) is 0.857. The molecule has 1 fully saturated rings. The molecule has 1 aliphatic heterocycles. The minimum Gasteiger partial charge on any atom is -0.481 e. The van der Waals surface area contributed by atoms with Gasteiger partial charge in [0.05, 0.1) is 5.92 Å². The predicted octanol–water partition coefficient (Wildman–Crippen LogP) is 2.32. The quantitative estimate of drug-likeness (QED) is 0.728. The van der Waals surface area contributed by atoms with E-state index in [0.717, 1.165) is 19.3 Å². The van der Waals surface area contributed by atoms with Crippen LogP contribution in [-0.4, -0.2) is 41.6 Å². The number of urea groups is 1. The Morgan fingerprint density at radius 2 is 2.11 bits per heavy atom. The smallest absolute Gasteiger partial charge is 0.317 e. The Labute approximate surface area is 115 Å². The minimum absolute atomic E-state index is 0.115. The van der Waals surface area contributed by atoms with Gasteiger partial charge in [-0.25, -0.2) is 4.79 Å². The number of likely N-dealkylation sites (tertiary alicyclic amines) is 1. The van der Waals surface area contributed by atoms with Crippen LogP contribution in [0.25, 0.3) is 0 Å². The Balaban J connectivity index is 2.20. The predicted molar refractivity (Wildman–Crippen MR) is 74.0 cm³/mol. The fourth-order valence-electron chi connectivity index (χ4n) is 2.35. The molecule has 1 saturated heterocycles. The van der Waals surface area contributed by atoms with Crippen LogP contribution in [0, 0.1) is 11.8 Å². The summed E-state index contributed by atoms with van der Waals surface area (Å²) in [5.74, 6) is -0.496. The summed E-state index contributed by atoms with van der Waals surface area (Å²) in [6, 6.07) is -0.115. The number of carbonyl (C=O) groups is 2. The number of nitrogens with one attached hydrogen (secondary N) is 1. The highest BCUT2D eigenvalue weighted by atomic mass is 16.4. The van der Waals surface area contributed by atoms with Crippen LogP contribution < -0.4 is 5.32 Å². The molecule has 1 atom stereocenters. The first-order valence-corrected chi connectivity index (χ1v) is 7.26. The largest absolute Gasteiger partial charge is 0.481 e. The van der Waals surface area contributed by atoms with E-state index in [4.69, 9.17) is 5.11 Å². The molecule has 0 saturated carbocycles. The molecule has 110 valence electrons. The number of hydrogen-bond donors (Lipinski definition) is 2. The maximum Gasteiger partial charge on any atom is 0.317 e. The standard InChI is InChI=1S/C14H26N2O3/c1-11(2)6-3-4-8-15-14(19)16-9-5-7-12(10-16)13(17)18/h11-12H,3-10H2,1-2H3,(H,15,19)(H,17,18)/t12-/m0/s1. The Morgan fingerprint density at radius 3 is 2.74 bits per heavy atom. The van der Waals surface area contributed by atoms with Gasteiger partial charge in [-0.05, 0) is 25.2 Å². The van der Waals surface area contributed by atoms with Gasteiger partial charge in [0.15, 0.2) is 0 Å². The summed E-state index contributed by atoms with van der Waals surface area (Å²) in [6.07, 6.45) is 4.74. The number of carbonyl (C=O) groups excluding carboxylic acids is 1. The number of hydrogen-bond acceptors (Lipinski definition) is 2. The molecule has 0 aromatic rings. The lowest BCUT2D eigenvalue weighted by molar-refractivity contribution is -0.143. The van der Waals surface area contributed by atoms with Crippen LogP contribution in [-0.2, 0) is 4.79 Å². The molecule has 5 heteroatoms. The molecular weight excluding hydrogens is 244 g/mol. The molecule has 1 heterocycles. The maximum absolute atomic E-state index is 11.9. The van der Waals surface area contributed by atoms with Crippen molar-refractivity contribution >= 4 is 12.0 Å². The average Bonchev–Trinajstić information content (AvgIpc) is 2.37. The van der Waals surface area contributed by atoms with E-state index in [1.54, 1.807) is 4.90 Å². The second-order valence-electron chi connectivity index (χ2n) is 5.74. The van der Waals surface area contributed by atoms with E-state index < -0.39 is 11.9 Å². The van der Waals surface area contributed by atoms with Crippen LogP contribution in [0.15, 0.2) is 0 Å². The van der Waals surface area contributed by atoms with Gasteiger partial charge < -0.3 is 15.3 Å². The summed E-state index contributed by atoms with van der Waals surface area (Å²) >= 11 is 0. The fourth-order valence-corrected chi connectivity index (χ4v) is 2.35. The molecule has 19 heavy (non-hydrogen) atoms. The summed E-state index contributed by atoms with van der Waals surface area (Å²) in [4.78, 5) is 24.4. The summed E-state index contributed by atoms with van der Waals surface area (Å²) in [6.45, 7) is 6.07. The molecule has 0 radical (unpaired) electrons. The number of carboxylic acid groups (broad SMARTS) is 1. The van der Waals surface area contributed by atoms with Gasteiger partial charge in [0.1, 0.15) is 0 Å². The molecule has 1 aliphatic rings. The molecule has 2 amide bonds. The van der Waals surface area contributed by atoms with Crippen LogP contribution in [0.3, 0.4) is 0 Å². The van der Waals surface area contributed by atoms with Gasteiger partial charge in [-0.3, -0.25) is 4.79 Å². The van der Waals surface area contributed by atoms with Crippen molar-refractivity contribution in [1.29, 1.82) is 0 Å². The third-order valence-electron chi connectivity index (χ3n) is 3.54. The van der Waals surface area contributed by atoms with Crippen molar-refractivity contribution in [2.75, 3.05) is 19.6 Å². The SMILES string of the molecule is CC(C)CCCCNC(=O)N1CCC[C@H](C(=O)O)C1. The lowest BCUT2D eigenvalue weighted by atomic mass is 9.99. The molecule has 5 nitrogen and oxygen atoms in total. The van der Waals surface area contributed by atoms with Crippen LogP contribution in [0.2, 0.25) is 0 Å². The first kappa shape index (κ1) is 15.8. The Morgan fingerprint density at radius 1 is 1.37 bits per heavy atom. The highest BCUT2D eigenvalue weighted by Crippen LogP contribution is 2.16. The van der Waals surface area contributed by atoms with Crippen LogP contribution in [0.5, 0.6) is 0 Å². The number of carboxylic acids is 1.